The molecule has 2 aromatic rings. The van der Waals surface area contributed by atoms with Crippen LogP contribution in [0.15, 0.2) is 23.3 Å². The Bertz CT molecular complexity index is 704. The summed E-state index contributed by atoms with van der Waals surface area (Å²) < 4.78 is 4.40. The number of fused-ring (bicyclic) bond motifs is 1. The van der Waals surface area contributed by atoms with Crippen LogP contribution in [0.3, 0.4) is 0 Å². The molecule has 1 aliphatic heterocycles. The van der Waals surface area contributed by atoms with Gasteiger partial charge in [0.2, 0.25) is 0 Å². The van der Waals surface area contributed by atoms with Crippen LogP contribution in [-0.2, 0) is 33.1 Å². The topological polar surface area (TPSA) is 63.3 Å². The minimum Gasteiger partial charge on any atom is -0.353 e. The van der Waals surface area contributed by atoms with Crippen molar-refractivity contribution in [1.29, 1.82) is 0 Å². The van der Waals surface area contributed by atoms with E-state index in [1.807, 2.05) is 14.1 Å². The molecule has 25 heavy (non-hydrogen) atoms. The summed E-state index contributed by atoms with van der Waals surface area (Å²) >= 11 is 0. The Hall–Kier alpha value is -1.58. The van der Waals surface area contributed by atoms with Gasteiger partial charge in [-0.2, -0.15) is 0 Å². The van der Waals surface area contributed by atoms with Gasteiger partial charge >= 0.3 is 0 Å². The molecule has 8 heteroatoms. The lowest BCUT2D eigenvalue weighted by molar-refractivity contribution is 0.459. The molecule has 1 N–H and O–H groups in total. The van der Waals surface area contributed by atoms with Crippen LogP contribution in [0.2, 0.25) is 0 Å². The first-order chi connectivity index (χ1) is 11.7. The maximum Gasteiger partial charge on any atom is 0.194 e. The van der Waals surface area contributed by atoms with E-state index in [0.29, 0.717) is 6.54 Å². The predicted molar refractivity (Wildman–Crippen MR) is 110 cm³/mol. The van der Waals surface area contributed by atoms with Crippen molar-refractivity contribution in [2.45, 2.75) is 45.3 Å². The molecule has 3 heterocycles. The number of hydrogen-bond acceptors (Lipinski definition) is 3. The molecule has 0 saturated carbocycles. The van der Waals surface area contributed by atoms with Crippen molar-refractivity contribution in [3.63, 3.8) is 0 Å². The van der Waals surface area contributed by atoms with Crippen LogP contribution in [0, 0.1) is 0 Å². The Kier molecular flexibility index (Phi) is 7.27. The molecule has 0 atom stereocenters. The molecule has 0 bridgehead atoms. The van der Waals surface area contributed by atoms with Crippen molar-refractivity contribution < 1.29 is 0 Å². The lowest BCUT2D eigenvalue weighted by atomic mass is 10.2. The third kappa shape index (κ3) is 4.74. The SMILES string of the molecule is CN=C(NCc1nnc2n1CCCCC2)N(C)Cc1cccn1C.I. The number of guanidine groups is 1. The van der Waals surface area contributed by atoms with Gasteiger partial charge in [0.25, 0.3) is 0 Å². The van der Waals surface area contributed by atoms with Crippen LogP contribution in [0.4, 0.5) is 0 Å². The van der Waals surface area contributed by atoms with E-state index in [2.05, 4.69) is 59.9 Å². The Morgan fingerprint density at radius 3 is 2.88 bits per heavy atom. The number of aliphatic imine (C=N–C) groups is 1. The van der Waals surface area contributed by atoms with Crippen molar-refractivity contribution in [2.75, 3.05) is 14.1 Å². The lowest BCUT2D eigenvalue weighted by Gasteiger charge is -2.22. The zero-order valence-electron chi connectivity index (χ0n) is 15.3. The van der Waals surface area contributed by atoms with Crippen LogP contribution < -0.4 is 5.32 Å². The van der Waals surface area contributed by atoms with E-state index in [1.165, 1.54) is 25.0 Å². The summed E-state index contributed by atoms with van der Waals surface area (Å²) in [6.45, 7) is 2.48. The highest BCUT2D eigenvalue weighted by Gasteiger charge is 2.15. The highest BCUT2D eigenvalue weighted by Crippen LogP contribution is 2.14. The molecule has 0 spiro atoms. The first-order valence-electron chi connectivity index (χ1n) is 8.62. The third-order valence-corrected chi connectivity index (χ3v) is 4.61. The van der Waals surface area contributed by atoms with Crippen molar-refractivity contribution >= 4 is 29.9 Å². The summed E-state index contributed by atoms with van der Waals surface area (Å²) in [5.41, 5.74) is 1.25. The molecule has 0 saturated heterocycles. The number of aryl methyl sites for hydroxylation is 2. The Morgan fingerprint density at radius 1 is 1.32 bits per heavy atom. The van der Waals surface area contributed by atoms with E-state index in [0.717, 1.165) is 37.1 Å². The second-order valence-corrected chi connectivity index (χ2v) is 6.36. The van der Waals surface area contributed by atoms with Crippen LogP contribution in [0.25, 0.3) is 0 Å². The lowest BCUT2D eigenvalue weighted by Crippen LogP contribution is -2.38. The smallest absolute Gasteiger partial charge is 0.194 e. The van der Waals surface area contributed by atoms with Gasteiger partial charge in [-0.25, -0.2) is 0 Å². The van der Waals surface area contributed by atoms with Gasteiger partial charge in [-0.05, 0) is 25.0 Å². The molecule has 0 fully saturated rings. The Balaban J connectivity index is 0.00000225. The van der Waals surface area contributed by atoms with Crippen LogP contribution in [0.1, 0.15) is 36.6 Å². The van der Waals surface area contributed by atoms with Crippen LogP contribution in [0.5, 0.6) is 0 Å². The highest BCUT2D eigenvalue weighted by molar-refractivity contribution is 14.0. The molecule has 0 unspecified atom stereocenters. The number of nitrogens with zero attached hydrogens (tertiary/aromatic N) is 6. The van der Waals surface area contributed by atoms with Gasteiger partial charge in [0.15, 0.2) is 11.8 Å². The largest absolute Gasteiger partial charge is 0.353 e. The molecule has 0 radical (unpaired) electrons. The summed E-state index contributed by atoms with van der Waals surface area (Å²) in [5, 5.41) is 12.1. The van der Waals surface area contributed by atoms with Crippen molar-refractivity contribution in [2.24, 2.45) is 12.0 Å². The van der Waals surface area contributed by atoms with Gasteiger partial charge in [-0.3, -0.25) is 4.99 Å². The first-order valence-corrected chi connectivity index (χ1v) is 8.62. The Labute approximate surface area is 166 Å². The first kappa shape index (κ1) is 19.7. The summed E-state index contributed by atoms with van der Waals surface area (Å²) in [6, 6.07) is 4.19. The molecular formula is C17H28IN7. The molecule has 1 aliphatic rings. The van der Waals surface area contributed by atoms with Crippen molar-refractivity contribution in [1.82, 2.24) is 29.5 Å². The third-order valence-electron chi connectivity index (χ3n) is 4.61. The predicted octanol–water partition coefficient (Wildman–Crippen LogP) is 2.17. The number of hydrogen-bond donors (Lipinski definition) is 1. The number of rotatable bonds is 4. The fourth-order valence-corrected chi connectivity index (χ4v) is 3.20. The normalized spacial score (nSPS) is 14.4. The highest BCUT2D eigenvalue weighted by atomic mass is 127. The summed E-state index contributed by atoms with van der Waals surface area (Å²) in [5.74, 6) is 2.99. The van der Waals surface area contributed by atoms with Crippen molar-refractivity contribution in [3.05, 3.63) is 35.7 Å². The summed E-state index contributed by atoms with van der Waals surface area (Å²) in [6.07, 6.45) is 6.80. The second-order valence-electron chi connectivity index (χ2n) is 6.36. The van der Waals surface area contributed by atoms with Gasteiger partial charge in [0.1, 0.15) is 5.82 Å². The molecule has 0 aliphatic carbocycles. The monoisotopic (exact) mass is 457 g/mol. The minimum atomic E-state index is 0. The van der Waals surface area contributed by atoms with Gasteiger partial charge in [-0.15, -0.1) is 34.2 Å². The van der Waals surface area contributed by atoms with E-state index in [4.69, 9.17) is 0 Å². The van der Waals surface area contributed by atoms with E-state index < -0.39 is 0 Å². The van der Waals surface area contributed by atoms with Crippen LogP contribution in [-0.4, -0.2) is 44.3 Å². The zero-order chi connectivity index (χ0) is 16.9. The fourth-order valence-electron chi connectivity index (χ4n) is 3.20. The molecule has 0 aromatic carbocycles. The molecular weight excluding hydrogens is 429 g/mol. The number of aromatic nitrogens is 4. The quantitative estimate of drug-likeness (QED) is 0.435. The summed E-state index contributed by atoms with van der Waals surface area (Å²) in [4.78, 5) is 6.51. The molecule has 7 nitrogen and oxygen atoms in total. The van der Waals surface area contributed by atoms with E-state index in [9.17, 15) is 0 Å². The number of nitrogens with one attached hydrogen (secondary N) is 1. The Morgan fingerprint density at radius 2 is 2.16 bits per heavy atom. The van der Waals surface area contributed by atoms with Gasteiger partial charge < -0.3 is 19.4 Å². The van der Waals surface area contributed by atoms with Gasteiger partial charge in [0, 0.05) is 46.0 Å². The van der Waals surface area contributed by atoms with E-state index >= 15 is 0 Å². The average molecular weight is 457 g/mol. The van der Waals surface area contributed by atoms with Crippen molar-refractivity contribution in [3.8, 4) is 0 Å². The molecule has 2 aromatic heterocycles. The fraction of sp³-hybridized carbons (Fsp3) is 0.588. The maximum atomic E-state index is 4.39. The van der Waals surface area contributed by atoms with Gasteiger partial charge in [0.05, 0.1) is 13.1 Å². The van der Waals surface area contributed by atoms with Crippen LogP contribution >= 0.6 is 24.0 Å². The van der Waals surface area contributed by atoms with E-state index in [1.54, 1.807) is 0 Å². The average Bonchev–Trinajstić information content (AvgIpc) is 3.07. The standard InChI is InChI=1S/C17H27N7.HI/c1-18-17(23(3)13-14-8-7-10-22(14)2)19-12-16-21-20-15-9-5-4-6-11-24(15)16;/h7-8,10H,4-6,9,11-13H2,1-3H3,(H,18,19);1H. The van der Waals surface area contributed by atoms with Gasteiger partial charge in [-0.1, -0.05) is 6.42 Å². The zero-order valence-corrected chi connectivity index (χ0v) is 17.6. The summed E-state index contributed by atoms with van der Waals surface area (Å²) in [7, 11) is 5.92. The molecule has 138 valence electrons. The number of halogens is 1. The maximum absolute atomic E-state index is 4.39. The molecule has 3 rings (SSSR count). The minimum absolute atomic E-state index is 0. The second kappa shape index (κ2) is 9.21. The molecule has 0 amide bonds. The van der Waals surface area contributed by atoms with E-state index in [-0.39, 0.29) is 24.0 Å².